The Balaban J connectivity index is 1.05. The van der Waals surface area contributed by atoms with E-state index in [0.717, 1.165) is 20.8 Å². The van der Waals surface area contributed by atoms with Gasteiger partial charge < -0.3 is 199 Å². The van der Waals surface area contributed by atoms with Gasteiger partial charge in [-0.15, -0.1) is 0 Å². The number of nitrogens with one attached hydrogen (secondary N) is 3. The fourth-order valence-corrected chi connectivity index (χ4v) is 12.4. The van der Waals surface area contributed by atoms with Gasteiger partial charge in [0, 0.05) is 20.8 Å². The first-order valence-corrected chi connectivity index (χ1v) is 31.0. The summed E-state index contributed by atoms with van der Waals surface area (Å²) in [7, 11) is 0. The fourth-order valence-electron chi connectivity index (χ4n) is 12.4. The van der Waals surface area contributed by atoms with Crippen molar-refractivity contribution in [2.75, 3.05) is 46.2 Å². The minimum absolute atomic E-state index is 0.786. The van der Waals surface area contributed by atoms with Crippen LogP contribution in [0.25, 0.3) is 0 Å². The number of amides is 3. The molecule has 43 nitrogen and oxygen atoms in total. The number of aliphatic hydroxyl groups is 22. The van der Waals surface area contributed by atoms with E-state index in [1.165, 1.54) is 6.92 Å². The average molecular weight is 1420 g/mol. The maximum Gasteiger partial charge on any atom is 0.217 e. The largest absolute Gasteiger partial charge is 0.394 e. The van der Waals surface area contributed by atoms with Crippen molar-refractivity contribution >= 4 is 17.7 Å². The van der Waals surface area contributed by atoms with Crippen molar-refractivity contribution in [3.05, 3.63) is 0 Å². The summed E-state index contributed by atoms with van der Waals surface area (Å²) < 4.78 is 87.2. The minimum atomic E-state index is -2.42. The summed E-state index contributed by atoms with van der Waals surface area (Å²) in [6, 6.07) is -5.35. The molecule has 8 aliphatic rings. The van der Waals surface area contributed by atoms with Crippen LogP contribution < -0.4 is 16.0 Å². The van der Waals surface area contributed by atoms with Gasteiger partial charge in [0.05, 0.1) is 52.4 Å². The minimum Gasteiger partial charge on any atom is -0.394 e. The monoisotopic (exact) mass is 1420 g/mol. The van der Waals surface area contributed by atoms with Crippen LogP contribution in [0.2, 0.25) is 0 Å². The molecule has 0 radical (unpaired) electrons. The Morgan fingerprint density at radius 2 is 0.619 bits per heavy atom. The standard InChI is InChI=1S/C54H91N3O40/c1-12-26(66)33(73)37(77)50(85-12)84-11-22-44(31(71)23(47(82)86-22)55-13(2)63)94-48-24(56-14(3)64)32(72)42(19(8-61)90-48)95-54-41(81)46(30(70)21(92-54)10-83-51-38(78)34(74)27(67)16(5-58)88-51)97-53-40(80)36(76)43(20(9-62)91-53)93-49-25(57-15(4)65)45(29(69)18(7-60)87-49)96-52-39(79)35(75)28(68)17(6-59)89-52/h12,16-54,58-62,66-82H,5-11H2,1-4H3,(H,55,63)(H,56,64)(H,57,65)/t12-,16-,17-,18-,19-,20-,21-,22-,23-,24-,25-,26+,27-,28+,29-,30-,31-,32-,33+,34+,35+,36-,37-,38+,39-,40+,41+,42-,43-,44-,45-,46+,47-,48+,49+,50+,51+,52+,53-,54+/m1/s1. The zero-order valence-corrected chi connectivity index (χ0v) is 52.2. The summed E-state index contributed by atoms with van der Waals surface area (Å²) in [5.41, 5.74) is 0. The molecule has 97 heavy (non-hydrogen) atoms. The highest BCUT2D eigenvalue weighted by Gasteiger charge is 2.59. The molecule has 0 spiro atoms. The number of carbonyl (C=O) groups is 3. The SMILES string of the molecule is CC(=O)N[C@@H]1[C@@H](O)[C@H](O[C@@H]2O[C@H](CO)[C@@H](O[C@@H]3O[C@H](CO[C@H]4O[C@H](CO)[C@@H](O)[C@H](O)[C@@H]4O)[C@@H](O)[C@H](O[C@H]4O[C@H](CO)[C@@H](O[C@@H]5O[C@H](CO)[C@@H](O)[C@H](O[C@@H]6O[C@H](CO)[C@H](O)[C@H](O)[C@H]6O)[C@H]5NC(C)=O)[C@H](O)[C@@H]4O)[C@@H]3O)[C@H](O)[C@H]2NC(C)=O)[C@@H](CO[C@H]2O[C@H](C)[C@H](O)[C@H](O)[C@H]2O)O[C@H]1O. The predicted molar refractivity (Wildman–Crippen MR) is 298 cm³/mol. The Bertz CT molecular complexity index is 2490. The van der Waals surface area contributed by atoms with Gasteiger partial charge in [-0.25, -0.2) is 0 Å². The lowest BCUT2D eigenvalue weighted by Crippen LogP contribution is -2.71. The van der Waals surface area contributed by atoms with Gasteiger partial charge >= 0.3 is 0 Å². The molecule has 0 unspecified atom stereocenters. The number of carbonyl (C=O) groups excluding carboxylic acids is 3. The van der Waals surface area contributed by atoms with Gasteiger partial charge in [-0.3, -0.25) is 14.4 Å². The molecule has 0 bridgehead atoms. The zero-order chi connectivity index (χ0) is 71.5. The normalized spacial score (nSPS) is 49.9. The Labute approximate surface area is 549 Å². The van der Waals surface area contributed by atoms with E-state index in [1.54, 1.807) is 0 Å². The second kappa shape index (κ2) is 34.5. The first kappa shape index (κ1) is 79.6. The molecule has 40 atom stereocenters. The molecule has 8 rings (SSSR count). The van der Waals surface area contributed by atoms with Gasteiger partial charge in [-0.05, 0) is 6.92 Å². The molecule has 3 amide bonds. The topological polar surface area (TPSA) is 671 Å². The van der Waals surface area contributed by atoms with Gasteiger partial charge in [0.15, 0.2) is 50.3 Å². The number of aliphatic hydroxyl groups excluding tert-OH is 22. The van der Waals surface area contributed by atoms with E-state index in [0.29, 0.717) is 0 Å². The maximum absolute atomic E-state index is 13.0. The van der Waals surface area contributed by atoms with Crippen LogP contribution in [0.4, 0.5) is 0 Å². The lowest BCUT2D eigenvalue weighted by molar-refractivity contribution is -0.391. The summed E-state index contributed by atoms with van der Waals surface area (Å²) >= 11 is 0. The number of hydrogen-bond acceptors (Lipinski definition) is 40. The molecule has 8 fully saturated rings. The van der Waals surface area contributed by atoms with Gasteiger partial charge in [0.1, 0.15) is 189 Å². The van der Waals surface area contributed by atoms with E-state index in [4.69, 9.17) is 71.1 Å². The quantitative estimate of drug-likeness (QED) is 0.0427. The second-order valence-electron chi connectivity index (χ2n) is 24.6. The van der Waals surface area contributed by atoms with Gasteiger partial charge in [0.2, 0.25) is 17.7 Å². The van der Waals surface area contributed by atoms with Crippen molar-refractivity contribution in [3.8, 4) is 0 Å². The molecule has 562 valence electrons. The second-order valence-corrected chi connectivity index (χ2v) is 24.6. The first-order valence-electron chi connectivity index (χ1n) is 31.0. The average Bonchev–Trinajstić information content (AvgIpc) is 0.773. The molecule has 43 heteroatoms. The Kier molecular flexibility index (Phi) is 28.3. The highest BCUT2D eigenvalue weighted by atomic mass is 16.8. The Hall–Kier alpha value is -3.07. The molecule has 0 aromatic heterocycles. The number of rotatable bonds is 24. The van der Waals surface area contributed by atoms with Crippen LogP contribution in [0.1, 0.15) is 27.7 Å². The van der Waals surface area contributed by atoms with Crippen LogP contribution >= 0.6 is 0 Å². The third-order valence-electron chi connectivity index (χ3n) is 17.8. The van der Waals surface area contributed by atoms with Crippen molar-refractivity contribution in [2.45, 2.75) is 273 Å². The first-order chi connectivity index (χ1) is 45.8. The lowest BCUT2D eigenvalue weighted by Gasteiger charge is -2.51. The Morgan fingerprint density at radius 3 is 1.15 bits per heavy atom. The van der Waals surface area contributed by atoms with E-state index in [9.17, 15) is 127 Å². The third kappa shape index (κ3) is 17.6. The molecule has 0 saturated carbocycles. The molecular weight excluding hydrogens is 1330 g/mol. The summed E-state index contributed by atoms with van der Waals surface area (Å²) in [6.45, 7) is -2.66. The summed E-state index contributed by atoms with van der Waals surface area (Å²) in [4.78, 5) is 37.9. The smallest absolute Gasteiger partial charge is 0.217 e. The molecule has 25 N–H and O–H groups in total. The van der Waals surface area contributed by atoms with Crippen molar-refractivity contribution < 1.29 is 198 Å². The molecule has 8 saturated heterocycles. The van der Waals surface area contributed by atoms with E-state index in [-0.39, 0.29) is 0 Å². The highest BCUT2D eigenvalue weighted by molar-refractivity contribution is 5.74. The van der Waals surface area contributed by atoms with E-state index >= 15 is 0 Å². The number of ether oxygens (including phenoxy) is 15. The zero-order valence-electron chi connectivity index (χ0n) is 52.2. The van der Waals surface area contributed by atoms with Crippen LogP contribution in [-0.2, 0) is 85.4 Å². The van der Waals surface area contributed by atoms with E-state index < -0.39 is 309 Å². The van der Waals surface area contributed by atoms with Crippen LogP contribution in [-0.4, -0.2) is 422 Å². The van der Waals surface area contributed by atoms with E-state index in [2.05, 4.69) is 16.0 Å². The number of hydrogen-bond donors (Lipinski definition) is 25. The van der Waals surface area contributed by atoms with Crippen LogP contribution in [0.3, 0.4) is 0 Å². The van der Waals surface area contributed by atoms with E-state index in [1.807, 2.05) is 0 Å². The van der Waals surface area contributed by atoms with Crippen molar-refractivity contribution in [3.63, 3.8) is 0 Å². The van der Waals surface area contributed by atoms with Gasteiger partial charge in [-0.1, -0.05) is 0 Å². The lowest BCUT2D eigenvalue weighted by atomic mass is 9.93. The van der Waals surface area contributed by atoms with Crippen LogP contribution in [0.15, 0.2) is 0 Å². The fraction of sp³-hybridized carbons (Fsp3) is 0.944. The molecule has 8 heterocycles. The summed E-state index contributed by atoms with van der Waals surface area (Å²) in [6.07, 6.45) is -72.3. The van der Waals surface area contributed by atoms with Crippen molar-refractivity contribution in [1.82, 2.24) is 16.0 Å². The van der Waals surface area contributed by atoms with Crippen LogP contribution in [0.5, 0.6) is 0 Å². The van der Waals surface area contributed by atoms with Crippen molar-refractivity contribution in [2.24, 2.45) is 0 Å². The molecular formula is C54H91N3O40. The van der Waals surface area contributed by atoms with Gasteiger partial charge in [-0.2, -0.15) is 0 Å². The molecule has 0 aromatic rings. The Morgan fingerprint density at radius 1 is 0.289 bits per heavy atom. The van der Waals surface area contributed by atoms with Crippen molar-refractivity contribution in [1.29, 1.82) is 0 Å². The predicted octanol–water partition coefficient (Wildman–Crippen LogP) is -17.0. The molecule has 8 aliphatic heterocycles. The highest BCUT2D eigenvalue weighted by Crippen LogP contribution is 2.38. The molecule has 0 aliphatic carbocycles. The van der Waals surface area contributed by atoms with Crippen LogP contribution in [0, 0.1) is 0 Å². The summed E-state index contributed by atoms with van der Waals surface area (Å²) in [5, 5.41) is 248. The maximum atomic E-state index is 13.0. The third-order valence-corrected chi connectivity index (χ3v) is 17.8. The van der Waals surface area contributed by atoms with Gasteiger partial charge in [0.25, 0.3) is 0 Å². The molecule has 0 aromatic carbocycles. The summed E-state index contributed by atoms with van der Waals surface area (Å²) in [5.74, 6) is -2.58.